The highest BCUT2D eigenvalue weighted by molar-refractivity contribution is 6.01. The molecule has 0 bridgehead atoms. The Kier molecular flexibility index (Phi) is 10.8. The Morgan fingerprint density at radius 1 is 0.944 bits per heavy atom. The van der Waals surface area contributed by atoms with Gasteiger partial charge in [0, 0.05) is 19.6 Å². The van der Waals surface area contributed by atoms with Crippen molar-refractivity contribution in [3.05, 3.63) is 65.7 Å². The standard InChI is InChI=1S/C29H38N2O5/c1-4-34-25-14-15-27(26(22-25)28(32)35-5-2)31(29(33)36-6-3)19-11-10-18-30-20-16-24(17-21-30)23-12-8-7-9-13-23/h7-9,12-16,22H,4-6,10-11,17-21H2,1-3H3. The van der Waals surface area contributed by atoms with E-state index in [1.807, 2.05) is 13.0 Å². The number of esters is 1. The first-order chi connectivity index (χ1) is 17.6. The molecule has 0 aromatic heterocycles. The number of carbonyl (C=O) groups excluding carboxylic acids is 2. The van der Waals surface area contributed by atoms with Gasteiger partial charge in [-0.25, -0.2) is 9.59 Å². The summed E-state index contributed by atoms with van der Waals surface area (Å²) >= 11 is 0. The molecule has 0 unspecified atom stereocenters. The van der Waals surface area contributed by atoms with E-state index in [1.54, 1.807) is 32.0 Å². The average molecular weight is 495 g/mol. The van der Waals surface area contributed by atoms with Crippen molar-refractivity contribution in [2.45, 2.75) is 40.0 Å². The first-order valence-corrected chi connectivity index (χ1v) is 12.9. The summed E-state index contributed by atoms with van der Waals surface area (Å²) in [5, 5.41) is 0. The van der Waals surface area contributed by atoms with Crippen LogP contribution >= 0.6 is 0 Å². The Morgan fingerprint density at radius 2 is 1.72 bits per heavy atom. The molecule has 0 atom stereocenters. The summed E-state index contributed by atoms with van der Waals surface area (Å²) in [5.74, 6) is 0.0683. The van der Waals surface area contributed by atoms with Gasteiger partial charge >= 0.3 is 12.1 Å². The normalized spacial score (nSPS) is 13.6. The quantitative estimate of drug-likeness (QED) is 0.275. The second-order valence-corrected chi connectivity index (χ2v) is 8.54. The Morgan fingerprint density at radius 3 is 2.39 bits per heavy atom. The number of anilines is 1. The highest BCUT2D eigenvalue weighted by Gasteiger charge is 2.24. The maximum absolute atomic E-state index is 12.9. The summed E-state index contributed by atoms with van der Waals surface area (Å²) in [5.41, 5.74) is 3.48. The molecule has 1 amide bonds. The zero-order chi connectivity index (χ0) is 25.8. The average Bonchev–Trinajstić information content (AvgIpc) is 2.90. The highest BCUT2D eigenvalue weighted by Crippen LogP contribution is 2.28. The molecule has 2 aromatic carbocycles. The van der Waals surface area contributed by atoms with Crippen LogP contribution in [0.5, 0.6) is 5.75 Å². The van der Waals surface area contributed by atoms with Crippen molar-refractivity contribution in [3.8, 4) is 5.75 Å². The van der Waals surface area contributed by atoms with Gasteiger partial charge in [0.05, 0.1) is 31.1 Å². The molecule has 0 saturated heterocycles. The van der Waals surface area contributed by atoms with E-state index in [9.17, 15) is 9.59 Å². The van der Waals surface area contributed by atoms with Gasteiger partial charge in [-0.15, -0.1) is 0 Å². The predicted molar refractivity (Wildman–Crippen MR) is 143 cm³/mol. The third-order valence-corrected chi connectivity index (χ3v) is 6.10. The highest BCUT2D eigenvalue weighted by atomic mass is 16.6. The summed E-state index contributed by atoms with van der Waals surface area (Å²) in [6.45, 7) is 9.72. The minimum absolute atomic E-state index is 0.243. The second kappa shape index (κ2) is 14.3. The number of nitrogens with zero attached hydrogens (tertiary/aromatic N) is 2. The third kappa shape index (κ3) is 7.59. The maximum atomic E-state index is 12.9. The molecule has 1 aliphatic rings. The summed E-state index contributed by atoms with van der Waals surface area (Å²) in [7, 11) is 0. The lowest BCUT2D eigenvalue weighted by atomic mass is 9.99. The van der Waals surface area contributed by atoms with Crippen LogP contribution in [0.25, 0.3) is 5.57 Å². The Bertz CT molecular complexity index is 1020. The van der Waals surface area contributed by atoms with Gasteiger partial charge in [-0.05, 0) is 75.9 Å². The van der Waals surface area contributed by atoms with Crippen LogP contribution in [0.2, 0.25) is 0 Å². The van der Waals surface area contributed by atoms with Crippen molar-refractivity contribution in [1.82, 2.24) is 4.90 Å². The maximum Gasteiger partial charge on any atom is 0.414 e. The number of rotatable bonds is 12. The largest absolute Gasteiger partial charge is 0.494 e. The van der Waals surface area contributed by atoms with Crippen molar-refractivity contribution >= 4 is 23.3 Å². The number of hydrogen-bond acceptors (Lipinski definition) is 6. The molecule has 3 rings (SSSR count). The van der Waals surface area contributed by atoms with E-state index >= 15 is 0 Å². The molecule has 0 saturated carbocycles. The fourth-order valence-corrected chi connectivity index (χ4v) is 4.32. The molecule has 7 nitrogen and oxygen atoms in total. The van der Waals surface area contributed by atoms with Gasteiger partial charge < -0.3 is 14.2 Å². The van der Waals surface area contributed by atoms with E-state index in [1.165, 1.54) is 16.0 Å². The Balaban J connectivity index is 1.64. The molecular formula is C29H38N2O5. The van der Waals surface area contributed by atoms with E-state index in [0.29, 0.717) is 30.2 Å². The number of benzene rings is 2. The molecule has 194 valence electrons. The monoisotopic (exact) mass is 494 g/mol. The lowest BCUT2D eigenvalue weighted by molar-refractivity contribution is 0.0526. The molecule has 0 radical (unpaired) electrons. The van der Waals surface area contributed by atoms with Gasteiger partial charge in [-0.1, -0.05) is 36.4 Å². The van der Waals surface area contributed by atoms with Crippen LogP contribution in [0.15, 0.2) is 54.6 Å². The molecule has 2 aromatic rings. The van der Waals surface area contributed by atoms with E-state index in [-0.39, 0.29) is 13.2 Å². The van der Waals surface area contributed by atoms with E-state index in [0.717, 1.165) is 38.9 Å². The van der Waals surface area contributed by atoms with Gasteiger partial charge in [0.2, 0.25) is 0 Å². The number of ether oxygens (including phenoxy) is 3. The van der Waals surface area contributed by atoms with Crippen LogP contribution in [0.1, 0.15) is 56.0 Å². The van der Waals surface area contributed by atoms with Crippen LogP contribution in [0, 0.1) is 0 Å². The fourth-order valence-electron chi connectivity index (χ4n) is 4.32. The minimum Gasteiger partial charge on any atom is -0.494 e. The fraction of sp³-hybridized carbons (Fsp3) is 0.448. The van der Waals surface area contributed by atoms with Crippen molar-refractivity contribution in [1.29, 1.82) is 0 Å². The minimum atomic E-state index is -0.488. The Labute approximate surface area is 214 Å². The summed E-state index contributed by atoms with van der Waals surface area (Å²) < 4.78 is 16.1. The smallest absolute Gasteiger partial charge is 0.414 e. The molecule has 0 N–H and O–H groups in total. The van der Waals surface area contributed by atoms with E-state index < -0.39 is 12.1 Å². The lowest BCUT2D eigenvalue weighted by Crippen LogP contribution is -2.35. The van der Waals surface area contributed by atoms with Gasteiger partial charge in [-0.2, -0.15) is 0 Å². The number of carbonyl (C=O) groups is 2. The van der Waals surface area contributed by atoms with Crippen LogP contribution in [-0.4, -0.2) is 63.0 Å². The topological polar surface area (TPSA) is 68.3 Å². The zero-order valence-electron chi connectivity index (χ0n) is 21.7. The number of amides is 1. The predicted octanol–water partition coefficient (Wildman–Crippen LogP) is 5.79. The van der Waals surface area contributed by atoms with E-state index in [4.69, 9.17) is 14.2 Å². The summed E-state index contributed by atoms with van der Waals surface area (Å²) in [6.07, 6.45) is 4.58. The third-order valence-electron chi connectivity index (χ3n) is 6.10. The van der Waals surface area contributed by atoms with Gasteiger partial charge in [0.15, 0.2) is 0 Å². The van der Waals surface area contributed by atoms with Crippen LogP contribution < -0.4 is 9.64 Å². The van der Waals surface area contributed by atoms with Crippen LogP contribution in [0.4, 0.5) is 10.5 Å². The molecule has 7 heteroatoms. The van der Waals surface area contributed by atoms with Gasteiger partial charge in [0.1, 0.15) is 5.75 Å². The molecule has 0 aliphatic carbocycles. The van der Waals surface area contributed by atoms with Gasteiger partial charge in [0.25, 0.3) is 0 Å². The molecule has 0 spiro atoms. The Hall–Kier alpha value is -3.32. The summed E-state index contributed by atoms with van der Waals surface area (Å²) in [4.78, 5) is 29.5. The van der Waals surface area contributed by atoms with Crippen LogP contribution in [-0.2, 0) is 9.47 Å². The molecular weight excluding hydrogens is 456 g/mol. The lowest BCUT2D eigenvalue weighted by Gasteiger charge is -2.27. The number of hydrogen-bond donors (Lipinski definition) is 0. The van der Waals surface area contributed by atoms with Crippen molar-refractivity contribution < 1.29 is 23.8 Å². The van der Waals surface area contributed by atoms with Crippen LogP contribution in [0.3, 0.4) is 0 Å². The van der Waals surface area contributed by atoms with Crippen molar-refractivity contribution in [2.24, 2.45) is 0 Å². The van der Waals surface area contributed by atoms with E-state index in [2.05, 4.69) is 35.2 Å². The molecule has 1 heterocycles. The molecule has 0 fully saturated rings. The summed E-state index contributed by atoms with van der Waals surface area (Å²) in [6, 6.07) is 15.7. The number of unbranched alkanes of at least 4 members (excludes halogenated alkanes) is 1. The first kappa shape index (κ1) is 27.3. The molecule has 36 heavy (non-hydrogen) atoms. The van der Waals surface area contributed by atoms with Crippen molar-refractivity contribution in [2.75, 3.05) is 50.9 Å². The second-order valence-electron chi connectivity index (χ2n) is 8.54. The SMILES string of the molecule is CCOC(=O)c1cc(OCC)ccc1N(CCCCN1CC=C(c2ccccc2)CC1)C(=O)OCC. The van der Waals surface area contributed by atoms with Crippen molar-refractivity contribution in [3.63, 3.8) is 0 Å². The van der Waals surface area contributed by atoms with Gasteiger partial charge in [-0.3, -0.25) is 9.80 Å². The first-order valence-electron chi connectivity index (χ1n) is 12.9. The molecule has 1 aliphatic heterocycles. The zero-order valence-corrected chi connectivity index (χ0v) is 21.7.